The first kappa shape index (κ1) is 22.4. The van der Waals surface area contributed by atoms with Gasteiger partial charge in [-0.3, -0.25) is 14.4 Å². The van der Waals surface area contributed by atoms with Crippen molar-refractivity contribution in [1.29, 1.82) is 0 Å². The molecule has 0 unspecified atom stereocenters. The van der Waals surface area contributed by atoms with Gasteiger partial charge in [-0.15, -0.1) is 0 Å². The monoisotopic (exact) mass is 393 g/mol. The maximum Gasteiger partial charge on any atom is 0.243 e. The van der Waals surface area contributed by atoms with Crippen LogP contribution in [0.25, 0.3) is 0 Å². The van der Waals surface area contributed by atoms with Crippen LogP contribution in [-0.2, 0) is 14.4 Å². The van der Waals surface area contributed by atoms with Crippen molar-refractivity contribution in [3.8, 4) is 0 Å². The van der Waals surface area contributed by atoms with E-state index in [1.807, 2.05) is 19.1 Å². The van der Waals surface area contributed by atoms with E-state index in [0.29, 0.717) is 25.9 Å². The highest BCUT2D eigenvalue weighted by Gasteiger charge is 2.56. The van der Waals surface area contributed by atoms with E-state index in [2.05, 4.69) is 17.6 Å². The lowest BCUT2D eigenvalue weighted by atomic mass is 9.69. The smallest absolute Gasteiger partial charge is 0.243 e. The highest BCUT2D eigenvalue weighted by Crippen LogP contribution is 2.44. The van der Waals surface area contributed by atoms with Gasteiger partial charge < -0.3 is 20.6 Å². The van der Waals surface area contributed by atoms with E-state index in [1.165, 1.54) is 0 Å². The van der Waals surface area contributed by atoms with E-state index >= 15 is 0 Å². The molecule has 28 heavy (non-hydrogen) atoms. The van der Waals surface area contributed by atoms with Crippen molar-refractivity contribution in [1.82, 2.24) is 15.5 Å². The minimum absolute atomic E-state index is 0.00801. The molecule has 0 aromatic rings. The summed E-state index contributed by atoms with van der Waals surface area (Å²) in [5, 5.41) is 14.8. The highest BCUT2D eigenvalue weighted by molar-refractivity contribution is 5.96. The molecule has 1 aliphatic heterocycles. The van der Waals surface area contributed by atoms with Gasteiger partial charge >= 0.3 is 0 Å². The Morgan fingerprint density at radius 1 is 1.14 bits per heavy atom. The molecule has 0 aromatic carbocycles. The van der Waals surface area contributed by atoms with Crippen LogP contribution in [-0.4, -0.2) is 60.5 Å². The number of rotatable bonds is 10. The van der Waals surface area contributed by atoms with Gasteiger partial charge in [0.1, 0.15) is 6.04 Å². The Morgan fingerprint density at radius 2 is 1.89 bits per heavy atom. The molecule has 5 atom stereocenters. The number of carbonyl (C=O) groups excluding carboxylic acids is 3. The normalized spacial score (nSPS) is 28.9. The standard InChI is InChI=1S/C21H35N3O4/c1-4-6-11-23-20(27)18-15-10-9-14(5-2)16(19(26)22-3)17(15)21(28)24(18)12-7-8-13-25/h9-10,14-18,25H,4-8,11-13H2,1-3H3,(H,22,26)(H,23,27)/t14-,15+,16-,17-,18+/m1/s1. The largest absolute Gasteiger partial charge is 0.396 e. The summed E-state index contributed by atoms with van der Waals surface area (Å²) in [6.45, 7) is 5.14. The molecule has 0 aromatic heterocycles. The first-order valence-corrected chi connectivity index (χ1v) is 10.6. The number of aliphatic hydroxyl groups is 1. The van der Waals surface area contributed by atoms with Crippen LogP contribution < -0.4 is 10.6 Å². The van der Waals surface area contributed by atoms with Crippen molar-refractivity contribution in [2.45, 2.75) is 52.0 Å². The summed E-state index contributed by atoms with van der Waals surface area (Å²) in [5.41, 5.74) is 0. The maximum absolute atomic E-state index is 13.3. The summed E-state index contributed by atoms with van der Waals surface area (Å²) in [5.74, 6) is -1.66. The van der Waals surface area contributed by atoms with E-state index in [1.54, 1.807) is 11.9 Å². The number of nitrogens with zero attached hydrogens (tertiary/aromatic N) is 1. The molecule has 7 nitrogen and oxygen atoms in total. The molecule has 2 aliphatic rings. The number of unbranched alkanes of at least 4 members (excludes halogenated alkanes) is 2. The van der Waals surface area contributed by atoms with Crippen LogP contribution in [0.5, 0.6) is 0 Å². The number of hydrogen-bond donors (Lipinski definition) is 3. The SMILES string of the molecule is CCCCNC(=O)[C@@H]1[C@H]2C=C[C@@H](CC)[C@@H](C(=O)NC)[C@@H]2C(=O)N1CCCCO. The van der Waals surface area contributed by atoms with Crippen molar-refractivity contribution in [2.75, 3.05) is 26.7 Å². The summed E-state index contributed by atoms with van der Waals surface area (Å²) in [7, 11) is 1.59. The lowest BCUT2D eigenvalue weighted by molar-refractivity contribution is -0.140. The van der Waals surface area contributed by atoms with Crippen LogP contribution in [0.4, 0.5) is 0 Å². The fraction of sp³-hybridized carbons (Fsp3) is 0.762. The van der Waals surface area contributed by atoms with E-state index in [4.69, 9.17) is 5.11 Å². The molecule has 1 saturated heterocycles. The number of fused-ring (bicyclic) bond motifs is 1. The quantitative estimate of drug-likeness (QED) is 0.382. The van der Waals surface area contributed by atoms with Crippen LogP contribution in [0.3, 0.4) is 0 Å². The molecule has 0 spiro atoms. The fourth-order valence-corrected chi connectivity index (χ4v) is 4.54. The summed E-state index contributed by atoms with van der Waals surface area (Å²) in [4.78, 5) is 40.6. The van der Waals surface area contributed by atoms with Crippen molar-refractivity contribution < 1.29 is 19.5 Å². The summed E-state index contributed by atoms with van der Waals surface area (Å²) < 4.78 is 0. The van der Waals surface area contributed by atoms with Crippen LogP contribution in [0, 0.1) is 23.7 Å². The van der Waals surface area contributed by atoms with Crippen molar-refractivity contribution in [3.05, 3.63) is 12.2 Å². The maximum atomic E-state index is 13.3. The van der Waals surface area contributed by atoms with Gasteiger partial charge in [0.15, 0.2) is 0 Å². The average Bonchev–Trinajstić information content (AvgIpc) is 2.99. The molecule has 7 heteroatoms. The molecule has 0 radical (unpaired) electrons. The number of nitrogens with one attached hydrogen (secondary N) is 2. The number of allylic oxidation sites excluding steroid dienone is 1. The zero-order valence-corrected chi connectivity index (χ0v) is 17.3. The Balaban J connectivity index is 2.33. The predicted molar refractivity (Wildman–Crippen MR) is 107 cm³/mol. The van der Waals surface area contributed by atoms with Gasteiger partial charge in [-0.2, -0.15) is 0 Å². The third-order valence-electron chi connectivity index (χ3n) is 6.04. The lowest BCUT2D eigenvalue weighted by Crippen LogP contribution is -2.48. The second-order valence-electron chi connectivity index (χ2n) is 7.75. The van der Waals surface area contributed by atoms with Gasteiger partial charge in [0.2, 0.25) is 17.7 Å². The van der Waals surface area contributed by atoms with Crippen LogP contribution in [0.15, 0.2) is 12.2 Å². The molecule has 158 valence electrons. The van der Waals surface area contributed by atoms with Crippen molar-refractivity contribution >= 4 is 17.7 Å². The second-order valence-corrected chi connectivity index (χ2v) is 7.75. The highest BCUT2D eigenvalue weighted by atomic mass is 16.3. The van der Waals surface area contributed by atoms with Crippen molar-refractivity contribution in [3.63, 3.8) is 0 Å². The van der Waals surface area contributed by atoms with E-state index in [0.717, 1.165) is 19.3 Å². The molecule has 0 saturated carbocycles. The van der Waals surface area contributed by atoms with Crippen LogP contribution in [0.2, 0.25) is 0 Å². The van der Waals surface area contributed by atoms with E-state index in [9.17, 15) is 14.4 Å². The molecule has 2 rings (SSSR count). The molecule has 0 bridgehead atoms. The zero-order valence-electron chi connectivity index (χ0n) is 17.3. The predicted octanol–water partition coefficient (Wildman–Crippen LogP) is 1.08. The van der Waals surface area contributed by atoms with E-state index < -0.39 is 17.9 Å². The van der Waals surface area contributed by atoms with E-state index in [-0.39, 0.29) is 36.2 Å². The number of aliphatic hydroxyl groups excluding tert-OH is 1. The van der Waals surface area contributed by atoms with Crippen LogP contribution in [0.1, 0.15) is 46.0 Å². The minimum Gasteiger partial charge on any atom is -0.396 e. The number of amides is 3. The number of likely N-dealkylation sites (tertiary alicyclic amines) is 1. The first-order chi connectivity index (χ1) is 13.5. The molecular formula is C21H35N3O4. The Labute approximate surface area is 167 Å². The second kappa shape index (κ2) is 10.6. The third kappa shape index (κ3) is 4.57. The van der Waals surface area contributed by atoms with Gasteiger partial charge in [0.05, 0.1) is 11.8 Å². The Hall–Kier alpha value is -1.89. The topological polar surface area (TPSA) is 98.7 Å². The Kier molecular flexibility index (Phi) is 8.48. The summed E-state index contributed by atoms with van der Waals surface area (Å²) >= 11 is 0. The van der Waals surface area contributed by atoms with Crippen molar-refractivity contribution in [2.24, 2.45) is 23.7 Å². The summed E-state index contributed by atoms with van der Waals surface area (Å²) in [6, 6.07) is -0.589. The average molecular weight is 394 g/mol. The molecule has 1 aliphatic carbocycles. The zero-order chi connectivity index (χ0) is 20.7. The van der Waals surface area contributed by atoms with Gasteiger partial charge in [-0.25, -0.2) is 0 Å². The molecule has 3 N–H and O–H groups in total. The Bertz CT molecular complexity index is 592. The molecule has 1 fully saturated rings. The summed E-state index contributed by atoms with van der Waals surface area (Å²) in [6.07, 6.45) is 7.83. The molecular weight excluding hydrogens is 358 g/mol. The minimum atomic E-state index is -0.589. The Morgan fingerprint density at radius 3 is 2.50 bits per heavy atom. The number of hydrogen-bond acceptors (Lipinski definition) is 4. The molecule has 3 amide bonds. The van der Waals surface area contributed by atoms with Gasteiger partial charge in [0.25, 0.3) is 0 Å². The fourth-order valence-electron chi connectivity index (χ4n) is 4.54. The first-order valence-electron chi connectivity index (χ1n) is 10.6. The lowest BCUT2D eigenvalue weighted by Gasteiger charge is -2.33. The van der Waals surface area contributed by atoms with Gasteiger partial charge in [-0.05, 0) is 31.6 Å². The number of carbonyl (C=O) groups is 3. The molecule has 1 heterocycles. The van der Waals surface area contributed by atoms with Crippen LogP contribution >= 0.6 is 0 Å². The third-order valence-corrected chi connectivity index (χ3v) is 6.04. The van der Waals surface area contributed by atoms with Gasteiger partial charge in [-0.1, -0.05) is 32.4 Å². The van der Waals surface area contributed by atoms with Gasteiger partial charge in [0, 0.05) is 32.7 Å².